The normalized spacial score (nSPS) is 13.7. The van der Waals surface area contributed by atoms with Crippen LogP contribution in [0.2, 0.25) is 0 Å². The topological polar surface area (TPSA) is 105 Å². The van der Waals surface area contributed by atoms with Crippen LogP contribution in [-0.2, 0) is 9.59 Å². The van der Waals surface area contributed by atoms with Gasteiger partial charge in [-0.15, -0.1) is 0 Å². The quantitative estimate of drug-likeness (QED) is 0.627. The molecule has 0 fully saturated rings. The van der Waals surface area contributed by atoms with Crippen LogP contribution in [0.1, 0.15) is 39.2 Å². The van der Waals surface area contributed by atoms with Gasteiger partial charge in [-0.1, -0.05) is 19.9 Å². The van der Waals surface area contributed by atoms with Crippen molar-refractivity contribution in [2.75, 3.05) is 0 Å². The SMILES string of the molecule is CC(N)C(=O)Oc1cccc(OC(=O)C(C)N)c1C(C)C. The molecule has 0 aromatic heterocycles. The molecule has 6 heteroatoms. The lowest BCUT2D eigenvalue weighted by molar-refractivity contribution is -0.135. The molecule has 0 aliphatic rings. The van der Waals surface area contributed by atoms with Gasteiger partial charge >= 0.3 is 11.9 Å². The molecule has 0 saturated heterocycles. The average molecular weight is 294 g/mol. The van der Waals surface area contributed by atoms with Gasteiger partial charge in [0.1, 0.15) is 23.6 Å². The third-order valence-corrected chi connectivity index (χ3v) is 2.77. The fourth-order valence-electron chi connectivity index (χ4n) is 1.67. The van der Waals surface area contributed by atoms with Crippen molar-refractivity contribution in [1.82, 2.24) is 0 Å². The number of hydrogen-bond acceptors (Lipinski definition) is 6. The van der Waals surface area contributed by atoms with E-state index in [0.717, 1.165) is 0 Å². The van der Waals surface area contributed by atoms with E-state index in [9.17, 15) is 9.59 Å². The standard InChI is InChI=1S/C15H22N2O4/c1-8(2)13-11(20-14(18)9(3)16)6-5-7-12(13)21-15(19)10(4)17/h5-10H,16-17H2,1-4H3. The molecule has 1 rings (SSSR count). The molecule has 0 heterocycles. The second-order valence-electron chi connectivity index (χ2n) is 5.24. The number of rotatable bonds is 5. The van der Waals surface area contributed by atoms with Crippen LogP contribution in [-0.4, -0.2) is 24.0 Å². The maximum atomic E-state index is 11.7. The summed E-state index contributed by atoms with van der Waals surface area (Å²) in [6, 6.07) is 3.44. The van der Waals surface area contributed by atoms with Crippen LogP contribution >= 0.6 is 0 Å². The van der Waals surface area contributed by atoms with Crippen molar-refractivity contribution < 1.29 is 19.1 Å². The summed E-state index contributed by atoms with van der Waals surface area (Å²) in [4.78, 5) is 23.3. The lowest BCUT2D eigenvalue weighted by atomic mass is 10.0. The van der Waals surface area contributed by atoms with Crippen molar-refractivity contribution in [3.63, 3.8) is 0 Å². The highest BCUT2D eigenvalue weighted by Gasteiger charge is 2.21. The molecular formula is C15H22N2O4. The number of carbonyl (C=O) groups excluding carboxylic acids is 2. The lowest BCUT2D eigenvalue weighted by Gasteiger charge is -2.18. The van der Waals surface area contributed by atoms with Crippen molar-refractivity contribution in [2.45, 2.75) is 45.7 Å². The Bertz CT molecular complexity index is 484. The first-order valence-corrected chi connectivity index (χ1v) is 6.81. The molecule has 0 radical (unpaired) electrons. The van der Waals surface area contributed by atoms with Gasteiger partial charge in [0.05, 0.1) is 0 Å². The first-order valence-electron chi connectivity index (χ1n) is 6.81. The van der Waals surface area contributed by atoms with E-state index in [4.69, 9.17) is 20.9 Å². The Kier molecular flexibility index (Phi) is 5.87. The van der Waals surface area contributed by atoms with Crippen LogP contribution in [0.15, 0.2) is 18.2 Å². The predicted molar refractivity (Wildman–Crippen MR) is 79.1 cm³/mol. The van der Waals surface area contributed by atoms with Gasteiger partial charge < -0.3 is 20.9 Å². The zero-order chi connectivity index (χ0) is 16.2. The average Bonchev–Trinajstić information content (AvgIpc) is 2.38. The summed E-state index contributed by atoms with van der Waals surface area (Å²) >= 11 is 0. The van der Waals surface area contributed by atoms with Gasteiger partial charge in [-0.3, -0.25) is 0 Å². The van der Waals surface area contributed by atoms with E-state index in [1.807, 2.05) is 13.8 Å². The monoisotopic (exact) mass is 294 g/mol. The summed E-state index contributed by atoms with van der Waals surface area (Å²) in [5.74, 6) is -0.442. The zero-order valence-corrected chi connectivity index (χ0v) is 12.8. The Morgan fingerprint density at radius 3 is 1.57 bits per heavy atom. The Morgan fingerprint density at radius 1 is 0.905 bits per heavy atom. The smallest absolute Gasteiger partial charge is 0.328 e. The zero-order valence-electron chi connectivity index (χ0n) is 12.8. The minimum Gasteiger partial charge on any atom is -0.425 e. The van der Waals surface area contributed by atoms with E-state index in [-0.39, 0.29) is 5.92 Å². The highest BCUT2D eigenvalue weighted by molar-refractivity contribution is 5.80. The molecule has 2 atom stereocenters. The molecule has 0 amide bonds. The molecule has 6 nitrogen and oxygen atoms in total. The molecule has 21 heavy (non-hydrogen) atoms. The third-order valence-electron chi connectivity index (χ3n) is 2.77. The van der Waals surface area contributed by atoms with Crippen molar-refractivity contribution in [3.05, 3.63) is 23.8 Å². The molecule has 0 aliphatic heterocycles. The van der Waals surface area contributed by atoms with Crippen LogP contribution < -0.4 is 20.9 Å². The van der Waals surface area contributed by atoms with Gasteiger partial charge in [0.15, 0.2) is 0 Å². The summed E-state index contributed by atoms with van der Waals surface area (Å²) in [7, 11) is 0. The van der Waals surface area contributed by atoms with Crippen molar-refractivity contribution in [1.29, 1.82) is 0 Å². The molecule has 2 unspecified atom stereocenters. The van der Waals surface area contributed by atoms with Crippen LogP contribution in [0.4, 0.5) is 0 Å². The number of nitrogens with two attached hydrogens (primary N) is 2. The van der Waals surface area contributed by atoms with E-state index in [2.05, 4.69) is 0 Å². The fraction of sp³-hybridized carbons (Fsp3) is 0.467. The van der Waals surface area contributed by atoms with Crippen molar-refractivity contribution in [3.8, 4) is 11.5 Å². The fourth-order valence-corrected chi connectivity index (χ4v) is 1.67. The van der Waals surface area contributed by atoms with E-state index >= 15 is 0 Å². The molecule has 1 aromatic carbocycles. The summed E-state index contributed by atoms with van der Waals surface area (Å²) < 4.78 is 10.5. The van der Waals surface area contributed by atoms with E-state index in [0.29, 0.717) is 17.1 Å². The Morgan fingerprint density at radius 2 is 1.29 bits per heavy atom. The molecule has 116 valence electrons. The van der Waals surface area contributed by atoms with E-state index in [1.165, 1.54) is 13.8 Å². The number of esters is 2. The van der Waals surface area contributed by atoms with Crippen LogP contribution in [0, 0.1) is 0 Å². The minimum absolute atomic E-state index is 0.0158. The van der Waals surface area contributed by atoms with Gasteiger partial charge in [-0.05, 0) is 31.9 Å². The number of hydrogen-bond donors (Lipinski definition) is 2. The lowest BCUT2D eigenvalue weighted by Crippen LogP contribution is -2.32. The molecular weight excluding hydrogens is 272 g/mol. The second kappa shape index (κ2) is 7.19. The first-order chi connectivity index (χ1) is 9.73. The highest BCUT2D eigenvalue weighted by atomic mass is 16.5. The maximum absolute atomic E-state index is 11.7. The second-order valence-corrected chi connectivity index (χ2v) is 5.24. The van der Waals surface area contributed by atoms with Gasteiger partial charge in [0.2, 0.25) is 0 Å². The summed E-state index contributed by atoms with van der Waals surface area (Å²) in [5.41, 5.74) is 11.6. The van der Waals surface area contributed by atoms with Gasteiger partial charge in [0.25, 0.3) is 0 Å². The Hall–Kier alpha value is -1.92. The van der Waals surface area contributed by atoms with Gasteiger partial charge in [-0.25, -0.2) is 9.59 Å². The summed E-state index contributed by atoms with van der Waals surface area (Å²) in [5, 5.41) is 0. The molecule has 0 spiro atoms. The number of benzene rings is 1. The third kappa shape index (κ3) is 4.54. The largest absolute Gasteiger partial charge is 0.425 e. The van der Waals surface area contributed by atoms with Crippen LogP contribution in [0.25, 0.3) is 0 Å². The van der Waals surface area contributed by atoms with E-state index in [1.54, 1.807) is 18.2 Å². The van der Waals surface area contributed by atoms with Crippen molar-refractivity contribution >= 4 is 11.9 Å². The molecule has 0 bridgehead atoms. The molecule has 1 aromatic rings. The summed E-state index contributed by atoms with van der Waals surface area (Å²) in [6.45, 7) is 6.89. The number of carbonyl (C=O) groups is 2. The Labute approximate surface area is 124 Å². The molecule has 0 saturated carbocycles. The molecule has 0 aliphatic carbocycles. The van der Waals surface area contributed by atoms with Crippen molar-refractivity contribution in [2.24, 2.45) is 11.5 Å². The van der Waals surface area contributed by atoms with Crippen LogP contribution in [0.5, 0.6) is 11.5 Å². The number of ether oxygens (including phenoxy) is 2. The molecule has 4 N–H and O–H groups in total. The maximum Gasteiger partial charge on any atom is 0.328 e. The van der Waals surface area contributed by atoms with Crippen LogP contribution in [0.3, 0.4) is 0 Å². The van der Waals surface area contributed by atoms with Gasteiger partial charge in [-0.2, -0.15) is 0 Å². The first kappa shape index (κ1) is 17.1. The van der Waals surface area contributed by atoms with Gasteiger partial charge in [0, 0.05) is 5.56 Å². The minimum atomic E-state index is -0.736. The summed E-state index contributed by atoms with van der Waals surface area (Å²) in [6.07, 6.45) is 0. The highest BCUT2D eigenvalue weighted by Crippen LogP contribution is 2.35. The Balaban J connectivity index is 3.15. The predicted octanol–water partition coefficient (Wildman–Crippen LogP) is 1.32. The van der Waals surface area contributed by atoms with E-state index < -0.39 is 24.0 Å².